The van der Waals surface area contributed by atoms with Crippen molar-refractivity contribution in [2.24, 2.45) is 0 Å². The molecular weight excluding hydrogens is 250 g/mol. The Balaban J connectivity index is 0.00000180. The number of H-pyrrole nitrogens is 1. The van der Waals surface area contributed by atoms with Crippen LogP contribution in [0.25, 0.3) is 10.9 Å². The molecule has 0 saturated carbocycles. The van der Waals surface area contributed by atoms with E-state index in [1.54, 1.807) is 20.3 Å². The van der Waals surface area contributed by atoms with Gasteiger partial charge in [-0.3, -0.25) is 4.79 Å². The maximum absolute atomic E-state index is 10.9. The standard InChI is InChI=1S/C13H15NO4.H2O/c1-7-8(5-13(15)16)9-4-11(17-2)12(18-3)6-10(9)14-7;/h4,6,14H,5H2,1-3H3,(H,15,16);1H2. The predicted octanol–water partition coefficient (Wildman–Crippen LogP) is 1.30. The number of aryl methyl sites for hydroxylation is 1. The number of carboxylic acids is 1. The fourth-order valence-corrected chi connectivity index (χ4v) is 2.09. The summed E-state index contributed by atoms with van der Waals surface area (Å²) in [5.41, 5.74) is 2.47. The van der Waals surface area contributed by atoms with Gasteiger partial charge in [-0.05, 0) is 18.6 Å². The van der Waals surface area contributed by atoms with Gasteiger partial charge in [-0.2, -0.15) is 0 Å². The normalized spacial score (nSPS) is 10.1. The van der Waals surface area contributed by atoms with Gasteiger partial charge in [0.2, 0.25) is 0 Å². The van der Waals surface area contributed by atoms with Gasteiger partial charge in [0.05, 0.1) is 20.6 Å². The van der Waals surface area contributed by atoms with E-state index in [-0.39, 0.29) is 11.9 Å². The zero-order valence-electron chi connectivity index (χ0n) is 11.0. The van der Waals surface area contributed by atoms with Crippen molar-refractivity contribution < 1.29 is 24.9 Å². The van der Waals surface area contributed by atoms with Crippen molar-refractivity contribution in [1.82, 2.24) is 4.98 Å². The predicted molar refractivity (Wildman–Crippen MR) is 71.1 cm³/mol. The molecule has 0 atom stereocenters. The van der Waals surface area contributed by atoms with E-state index >= 15 is 0 Å². The van der Waals surface area contributed by atoms with Crippen LogP contribution in [0, 0.1) is 6.92 Å². The molecule has 0 aliphatic heterocycles. The summed E-state index contributed by atoms with van der Waals surface area (Å²) in [4.78, 5) is 14.0. The second-order valence-electron chi connectivity index (χ2n) is 4.05. The summed E-state index contributed by atoms with van der Waals surface area (Å²) >= 11 is 0. The minimum Gasteiger partial charge on any atom is -0.493 e. The molecule has 19 heavy (non-hydrogen) atoms. The third-order valence-electron chi connectivity index (χ3n) is 2.95. The Kier molecular flexibility index (Phi) is 4.39. The number of aromatic nitrogens is 1. The molecular formula is C13H17NO5. The number of ether oxygens (including phenoxy) is 2. The van der Waals surface area contributed by atoms with Gasteiger partial charge in [0, 0.05) is 22.7 Å². The van der Waals surface area contributed by atoms with E-state index in [2.05, 4.69) is 4.98 Å². The average molecular weight is 267 g/mol. The van der Waals surface area contributed by atoms with Crippen LogP contribution in [0.1, 0.15) is 11.3 Å². The van der Waals surface area contributed by atoms with E-state index in [0.717, 1.165) is 22.2 Å². The number of fused-ring (bicyclic) bond motifs is 1. The Morgan fingerprint density at radius 1 is 1.26 bits per heavy atom. The average Bonchev–Trinajstić information content (AvgIpc) is 2.63. The number of aliphatic carboxylic acids is 1. The van der Waals surface area contributed by atoms with Crippen molar-refractivity contribution in [2.75, 3.05) is 14.2 Å². The third-order valence-corrected chi connectivity index (χ3v) is 2.95. The number of hydrogen-bond donors (Lipinski definition) is 2. The maximum Gasteiger partial charge on any atom is 0.307 e. The fraction of sp³-hybridized carbons (Fsp3) is 0.308. The highest BCUT2D eigenvalue weighted by molar-refractivity contribution is 5.90. The smallest absolute Gasteiger partial charge is 0.307 e. The van der Waals surface area contributed by atoms with Crippen LogP contribution < -0.4 is 9.47 Å². The van der Waals surface area contributed by atoms with Gasteiger partial charge in [0.15, 0.2) is 11.5 Å². The quantitative estimate of drug-likeness (QED) is 0.871. The highest BCUT2D eigenvalue weighted by Crippen LogP contribution is 2.34. The van der Waals surface area contributed by atoms with Crippen LogP contribution in [0.5, 0.6) is 11.5 Å². The van der Waals surface area contributed by atoms with Crippen LogP contribution in [-0.2, 0) is 11.2 Å². The van der Waals surface area contributed by atoms with Crippen LogP contribution in [0.2, 0.25) is 0 Å². The number of benzene rings is 1. The molecule has 0 aliphatic carbocycles. The molecule has 104 valence electrons. The number of hydrogen-bond acceptors (Lipinski definition) is 3. The Morgan fingerprint density at radius 2 is 1.84 bits per heavy atom. The van der Waals surface area contributed by atoms with Gasteiger partial charge in [0.25, 0.3) is 0 Å². The molecule has 6 heteroatoms. The van der Waals surface area contributed by atoms with Gasteiger partial charge in [0.1, 0.15) is 0 Å². The number of rotatable bonds is 4. The summed E-state index contributed by atoms with van der Waals surface area (Å²) in [5, 5.41) is 9.78. The van der Waals surface area contributed by atoms with E-state index < -0.39 is 5.97 Å². The van der Waals surface area contributed by atoms with Crippen molar-refractivity contribution in [1.29, 1.82) is 0 Å². The van der Waals surface area contributed by atoms with Crippen LogP contribution in [0.15, 0.2) is 12.1 Å². The van der Waals surface area contributed by atoms with Crippen molar-refractivity contribution in [3.63, 3.8) is 0 Å². The Bertz CT molecular complexity index is 603. The van der Waals surface area contributed by atoms with Gasteiger partial charge in [-0.1, -0.05) is 0 Å². The molecule has 0 radical (unpaired) electrons. The number of aromatic amines is 1. The Morgan fingerprint density at radius 3 is 2.37 bits per heavy atom. The molecule has 0 bridgehead atoms. The molecule has 0 amide bonds. The van der Waals surface area contributed by atoms with Gasteiger partial charge in [-0.25, -0.2) is 0 Å². The molecule has 0 saturated heterocycles. The van der Waals surface area contributed by atoms with Gasteiger partial charge < -0.3 is 25.0 Å². The highest BCUT2D eigenvalue weighted by atomic mass is 16.5. The summed E-state index contributed by atoms with van der Waals surface area (Å²) in [6, 6.07) is 3.61. The van der Waals surface area contributed by atoms with E-state index in [9.17, 15) is 4.79 Å². The zero-order valence-corrected chi connectivity index (χ0v) is 11.0. The highest BCUT2D eigenvalue weighted by Gasteiger charge is 2.15. The SMILES string of the molecule is COc1cc2[nH]c(C)c(CC(=O)O)c2cc1OC.O. The van der Waals surface area contributed by atoms with E-state index in [1.807, 2.05) is 13.0 Å². The molecule has 1 aromatic heterocycles. The van der Waals surface area contributed by atoms with E-state index in [4.69, 9.17) is 14.6 Å². The monoisotopic (exact) mass is 267 g/mol. The van der Waals surface area contributed by atoms with Gasteiger partial charge in [-0.15, -0.1) is 0 Å². The largest absolute Gasteiger partial charge is 0.493 e. The maximum atomic E-state index is 10.9. The first-order chi connectivity index (χ1) is 8.56. The fourth-order valence-electron chi connectivity index (χ4n) is 2.09. The lowest BCUT2D eigenvalue weighted by atomic mass is 10.1. The lowest BCUT2D eigenvalue weighted by molar-refractivity contribution is -0.136. The number of carbonyl (C=O) groups is 1. The number of carboxylic acid groups (broad SMARTS) is 1. The van der Waals surface area contributed by atoms with Crippen LogP contribution in [0.4, 0.5) is 0 Å². The van der Waals surface area contributed by atoms with Crippen LogP contribution >= 0.6 is 0 Å². The summed E-state index contributed by atoms with van der Waals surface area (Å²) in [7, 11) is 3.12. The summed E-state index contributed by atoms with van der Waals surface area (Å²) < 4.78 is 10.4. The second-order valence-corrected chi connectivity index (χ2v) is 4.05. The molecule has 4 N–H and O–H groups in total. The minimum absolute atomic E-state index is 0. The van der Waals surface area contributed by atoms with Gasteiger partial charge >= 0.3 is 5.97 Å². The molecule has 1 aromatic carbocycles. The van der Waals surface area contributed by atoms with Crippen molar-refractivity contribution in [3.05, 3.63) is 23.4 Å². The molecule has 6 nitrogen and oxygen atoms in total. The third kappa shape index (κ3) is 2.63. The number of nitrogens with one attached hydrogen (secondary N) is 1. The Labute approximate surface area is 110 Å². The lowest BCUT2D eigenvalue weighted by Gasteiger charge is -2.07. The molecule has 2 aromatic rings. The number of methoxy groups -OCH3 is 2. The topological polar surface area (TPSA) is 103 Å². The van der Waals surface area contributed by atoms with Crippen LogP contribution in [0.3, 0.4) is 0 Å². The molecule has 0 fully saturated rings. The second kappa shape index (κ2) is 5.62. The summed E-state index contributed by atoms with van der Waals surface area (Å²) in [5.74, 6) is 0.359. The molecule has 1 heterocycles. The van der Waals surface area contributed by atoms with Crippen molar-refractivity contribution in [2.45, 2.75) is 13.3 Å². The van der Waals surface area contributed by atoms with Crippen molar-refractivity contribution >= 4 is 16.9 Å². The van der Waals surface area contributed by atoms with E-state index in [1.165, 1.54) is 0 Å². The first-order valence-corrected chi connectivity index (χ1v) is 5.51. The minimum atomic E-state index is -0.853. The van der Waals surface area contributed by atoms with Crippen molar-refractivity contribution in [3.8, 4) is 11.5 Å². The van der Waals surface area contributed by atoms with E-state index in [0.29, 0.717) is 11.5 Å². The zero-order chi connectivity index (χ0) is 13.3. The molecule has 0 aliphatic rings. The first kappa shape index (κ1) is 14.8. The van der Waals surface area contributed by atoms with Crippen LogP contribution in [-0.4, -0.2) is 35.8 Å². The summed E-state index contributed by atoms with van der Waals surface area (Å²) in [6.45, 7) is 1.86. The summed E-state index contributed by atoms with van der Waals surface area (Å²) in [6.07, 6.45) is -0.0126. The molecule has 0 unspecified atom stereocenters. The first-order valence-electron chi connectivity index (χ1n) is 5.51. The lowest BCUT2D eigenvalue weighted by Crippen LogP contribution is -2.00. The Hall–Kier alpha value is -2.21. The molecule has 0 spiro atoms. The molecule has 2 rings (SSSR count).